The van der Waals surface area contributed by atoms with E-state index in [1.54, 1.807) is 0 Å². The van der Waals surface area contributed by atoms with Gasteiger partial charge in [-0.3, -0.25) is 9.97 Å². The predicted molar refractivity (Wildman–Crippen MR) is 183 cm³/mol. The topological polar surface area (TPSA) is 25.8 Å². The number of pyridine rings is 2. The molecule has 42 heavy (non-hydrogen) atoms. The second-order valence-corrected chi connectivity index (χ2v) is 17.5. The molecule has 0 unspecified atom stereocenters. The van der Waals surface area contributed by atoms with Gasteiger partial charge in [0.05, 0.1) is 0 Å². The van der Waals surface area contributed by atoms with Crippen LogP contribution in [0.2, 0.25) is 0 Å². The van der Waals surface area contributed by atoms with E-state index in [-0.39, 0.29) is 32.5 Å². The first kappa shape index (κ1) is 34.0. The Balaban J connectivity index is 1.73. The Kier molecular flexibility index (Phi) is 9.63. The molecule has 230 valence electrons. The van der Waals surface area contributed by atoms with Gasteiger partial charge < -0.3 is 0 Å². The number of aromatic nitrogens is 2. The Bertz CT molecular complexity index is 1330. The maximum Gasteiger partial charge on any atom is 0.0462 e. The number of nitrogens with zero attached hydrogens (tertiary/aromatic N) is 2. The molecule has 0 N–H and O–H groups in total. The largest absolute Gasteiger partial charge is 0.261 e. The van der Waals surface area contributed by atoms with Gasteiger partial charge in [0.25, 0.3) is 0 Å². The summed E-state index contributed by atoms with van der Waals surface area (Å²) in [5.74, 6) is 0. The summed E-state index contributed by atoms with van der Waals surface area (Å²) < 4.78 is 0. The molecule has 2 aromatic heterocycles. The highest BCUT2D eigenvalue weighted by molar-refractivity contribution is 5.34. The van der Waals surface area contributed by atoms with Crippen molar-refractivity contribution in [3.8, 4) is 0 Å². The summed E-state index contributed by atoms with van der Waals surface area (Å²) in [6.07, 6.45) is 8.52. The molecule has 0 aliphatic carbocycles. The van der Waals surface area contributed by atoms with Crippen molar-refractivity contribution in [1.29, 1.82) is 0 Å². The van der Waals surface area contributed by atoms with Gasteiger partial charge in [0.15, 0.2) is 0 Å². The fourth-order valence-electron chi connectivity index (χ4n) is 5.68. The maximum absolute atomic E-state index is 4.91. The van der Waals surface area contributed by atoms with Crippen LogP contribution in [0.3, 0.4) is 0 Å². The number of hydrogen-bond donors (Lipinski definition) is 0. The maximum atomic E-state index is 4.91. The van der Waals surface area contributed by atoms with Crippen molar-refractivity contribution in [1.82, 2.24) is 9.97 Å². The van der Waals surface area contributed by atoms with E-state index in [4.69, 9.17) is 9.97 Å². The Hall–Kier alpha value is -2.48. The summed E-state index contributed by atoms with van der Waals surface area (Å²) in [7, 11) is 0. The SMILES string of the molecule is CC(C)(C)c1cccc(C(C)(C)CCC(C)(C)c2ccnc(C(C)(C)CCC(C)(C)c3ccc(C(C)(C)C)nc3)c2)c1. The van der Waals surface area contributed by atoms with Gasteiger partial charge in [-0.1, -0.05) is 127 Å². The van der Waals surface area contributed by atoms with E-state index < -0.39 is 0 Å². The average molecular weight is 569 g/mol. The molecular weight excluding hydrogens is 508 g/mol. The summed E-state index contributed by atoms with van der Waals surface area (Å²) in [5.41, 5.74) is 8.33. The van der Waals surface area contributed by atoms with E-state index in [2.05, 4.69) is 152 Å². The van der Waals surface area contributed by atoms with Crippen molar-refractivity contribution in [3.63, 3.8) is 0 Å². The molecule has 3 rings (SSSR count). The fourth-order valence-corrected chi connectivity index (χ4v) is 5.68. The number of benzene rings is 1. The minimum Gasteiger partial charge on any atom is -0.261 e. The third-order valence-electron chi connectivity index (χ3n) is 9.81. The zero-order valence-electron chi connectivity index (χ0n) is 29.5. The molecule has 0 radical (unpaired) electrons. The van der Waals surface area contributed by atoms with Crippen LogP contribution < -0.4 is 0 Å². The standard InChI is InChI=1S/C40H60N2/c1-35(2,3)29-16-15-17-30(26-29)37(7,8)21-22-38(9,10)31-20-25-41-34(27-31)40(13,14)24-23-39(11,12)32-18-19-33(42-28-32)36(4,5)6/h15-20,25-28H,21-24H2,1-14H3. The first-order valence-electron chi connectivity index (χ1n) is 16.1. The highest BCUT2D eigenvalue weighted by atomic mass is 14.7. The molecule has 3 aromatic rings. The first-order chi connectivity index (χ1) is 19.0. The summed E-state index contributed by atoms with van der Waals surface area (Å²) in [5, 5.41) is 0. The minimum atomic E-state index is -0.0190. The first-order valence-corrected chi connectivity index (χ1v) is 16.1. The Labute approximate surface area is 259 Å². The van der Waals surface area contributed by atoms with E-state index >= 15 is 0 Å². The monoisotopic (exact) mass is 568 g/mol. The van der Waals surface area contributed by atoms with Crippen LogP contribution in [-0.2, 0) is 32.5 Å². The van der Waals surface area contributed by atoms with Crippen LogP contribution in [-0.4, -0.2) is 9.97 Å². The van der Waals surface area contributed by atoms with Crippen molar-refractivity contribution >= 4 is 0 Å². The van der Waals surface area contributed by atoms with Crippen LogP contribution >= 0.6 is 0 Å². The quantitative estimate of drug-likeness (QED) is 0.243. The molecule has 1 aromatic carbocycles. The summed E-state index contributed by atoms with van der Waals surface area (Å²) in [6, 6.07) is 18.4. The highest BCUT2D eigenvalue weighted by Gasteiger charge is 2.32. The van der Waals surface area contributed by atoms with Crippen molar-refractivity contribution < 1.29 is 0 Å². The normalized spacial score (nSPS) is 13.9. The van der Waals surface area contributed by atoms with Crippen LogP contribution in [0, 0.1) is 0 Å². The van der Waals surface area contributed by atoms with Gasteiger partial charge in [-0.2, -0.15) is 0 Å². The molecule has 0 bridgehead atoms. The third-order valence-corrected chi connectivity index (χ3v) is 9.81. The van der Waals surface area contributed by atoms with Crippen LogP contribution in [0.4, 0.5) is 0 Å². The molecule has 0 saturated carbocycles. The van der Waals surface area contributed by atoms with Gasteiger partial charge in [0.1, 0.15) is 0 Å². The average Bonchev–Trinajstić information content (AvgIpc) is 2.90. The minimum absolute atomic E-state index is 0.0190. The summed E-state index contributed by atoms with van der Waals surface area (Å²) in [4.78, 5) is 9.73. The molecule has 0 fully saturated rings. The second kappa shape index (κ2) is 11.9. The van der Waals surface area contributed by atoms with Gasteiger partial charge in [-0.05, 0) is 87.8 Å². The lowest BCUT2D eigenvalue weighted by molar-refractivity contribution is 0.362. The number of rotatable bonds is 10. The molecule has 2 nitrogen and oxygen atoms in total. The van der Waals surface area contributed by atoms with Gasteiger partial charge in [-0.15, -0.1) is 0 Å². The molecule has 0 spiro atoms. The Morgan fingerprint density at radius 1 is 0.429 bits per heavy atom. The molecular formula is C40H60N2. The predicted octanol–water partition coefficient (Wildman–Crippen LogP) is 11.1. The zero-order valence-corrected chi connectivity index (χ0v) is 29.5. The van der Waals surface area contributed by atoms with Crippen LogP contribution in [0.15, 0.2) is 60.9 Å². The second-order valence-electron chi connectivity index (χ2n) is 17.5. The molecule has 0 aliphatic heterocycles. The van der Waals surface area contributed by atoms with Crippen molar-refractivity contribution in [2.45, 2.75) is 155 Å². The molecule has 0 aliphatic rings. The lowest BCUT2D eigenvalue weighted by Gasteiger charge is -2.34. The summed E-state index contributed by atoms with van der Waals surface area (Å²) in [6.45, 7) is 32.6. The van der Waals surface area contributed by atoms with Crippen molar-refractivity contribution in [2.24, 2.45) is 0 Å². The van der Waals surface area contributed by atoms with Gasteiger partial charge in [-0.25, -0.2) is 0 Å². The van der Waals surface area contributed by atoms with E-state index in [0.29, 0.717) is 0 Å². The molecule has 2 heteroatoms. The zero-order chi connectivity index (χ0) is 31.8. The smallest absolute Gasteiger partial charge is 0.0462 e. The number of hydrogen-bond acceptors (Lipinski definition) is 2. The van der Waals surface area contributed by atoms with E-state index in [1.807, 2.05) is 6.20 Å². The highest BCUT2D eigenvalue weighted by Crippen LogP contribution is 2.40. The van der Waals surface area contributed by atoms with Crippen LogP contribution in [0.5, 0.6) is 0 Å². The van der Waals surface area contributed by atoms with E-state index in [0.717, 1.165) is 31.4 Å². The van der Waals surface area contributed by atoms with E-state index in [9.17, 15) is 0 Å². The summed E-state index contributed by atoms with van der Waals surface area (Å²) >= 11 is 0. The lowest BCUT2D eigenvalue weighted by Crippen LogP contribution is -2.27. The van der Waals surface area contributed by atoms with Crippen LogP contribution in [0.1, 0.15) is 156 Å². The third kappa shape index (κ3) is 8.33. The van der Waals surface area contributed by atoms with Gasteiger partial charge >= 0.3 is 0 Å². The van der Waals surface area contributed by atoms with Gasteiger partial charge in [0.2, 0.25) is 0 Å². The molecule has 2 heterocycles. The fraction of sp³-hybridized carbons (Fsp3) is 0.600. The Morgan fingerprint density at radius 3 is 1.43 bits per heavy atom. The van der Waals surface area contributed by atoms with Crippen molar-refractivity contribution in [3.05, 3.63) is 94.6 Å². The van der Waals surface area contributed by atoms with Crippen LogP contribution in [0.25, 0.3) is 0 Å². The lowest BCUT2D eigenvalue weighted by atomic mass is 9.71. The van der Waals surface area contributed by atoms with E-state index in [1.165, 1.54) is 27.9 Å². The van der Waals surface area contributed by atoms with Crippen molar-refractivity contribution in [2.75, 3.05) is 0 Å². The molecule has 0 atom stereocenters. The molecule has 0 amide bonds. The Morgan fingerprint density at radius 2 is 0.929 bits per heavy atom. The van der Waals surface area contributed by atoms with Gasteiger partial charge in [0, 0.05) is 34.6 Å². The molecule has 0 saturated heterocycles.